The summed E-state index contributed by atoms with van der Waals surface area (Å²) in [5, 5.41) is 0.259. The lowest BCUT2D eigenvalue weighted by molar-refractivity contribution is 0.1000. The molecule has 0 unspecified atom stereocenters. The second kappa shape index (κ2) is 15.2. The van der Waals surface area contributed by atoms with E-state index in [2.05, 4.69) is 51.5 Å². The van der Waals surface area contributed by atoms with E-state index in [9.17, 15) is 23.2 Å². The molecule has 0 aliphatic heterocycles. The smallest absolute Gasteiger partial charge is 0.259 e. The number of hydrogen-bond donors (Lipinski definition) is 3. The fourth-order valence-corrected chi connectivity index (χ4v) is 4.18. The molecule has 0 atom stereocenters. The van der Waals surface area contributed by atoms with Crippen molar-refractivity contribution in [2.24, 2.45) is 5.73 Å². The molecular weight excluding hydrogens is 586 g/mol. The Morgan fingerprint density at radius 1 is 0.783 bits per heavy atom. The van der Waals surface area contributed by atoms with Crippen LogP contribution in [0.1, 0.15) is 80.8 Å². The summed E-state index contributed by atoms with van der Waals surface area (Å²) in [6.07, 6.45) is 0.867. The van der Waals surface area contributed by atoms with E-state index in [4.69, 9.17) is 11.5 Å². The lowest BCUT2D eigenvalue weighted by atomic mass is 9.87. The second-order valence-electron chi connectivity index (χ2n) is 12.5. The number of aldehydes is 1. The molecule has 0 aliphatic carbocycles. The summed E-state index contributed by atoms with van der Waals surface area (Å²) in [6, 6.07) is 23.2. The minimum absolute atomic E-state index is 0. The van der Waals surface area contributed by atoms with Crippen molar-refractivity contribution in [3.8, 4) is 11.4 Å². The molecule has 1 amide bonds. The number of nitrogen functional groups attached to an aromatic ring is 1. The van der Waals surface area contributed by atoms with Gasteiger partial charge in [-0.3, -0.25) is 14.4 Å². The molecule has 0 saturated heterocycles. The van der Waals surface area contributed by atoms with E-state index in [1.54, 1.807) is 0 Å². The number of fused-ring (bicyclic) bond motifs is 1. The van der Waals surface area contributed by atoms with Gasteiger partial charge >= 0.3 is 0 Å². The number of nitrogens with one attached hydrogen (secondary N) is 1. The van der Waals surface area contributed by atoms with Crippen LogP contribution in [0.5, 0.6) is 0 Å². The van der Waals surface area contributed by atoms with Gasteiger partial charge in [-0.15, -0.1) is 0 Å². The lowest BCUT2D eigenvalue weighted by Gasteiger charge is -2.19. The van der Waals surface area contributed by atoms with E-state index >= 15 is 0 Å². The first-order valence-electron chi connectivity index (χ1n) is 14.2. The summed E-state index contributed by atoms with van der Waals surface area (Å²) in [5.41, 5.74) is 14.9. The van der Waals surface area contributed by atoms with Gasteiger partial charge in [0.25, 0.3) is 11.5 Å². The molecule has 5 aromatic rings. The van der Waals surface area contributed by atoms with Crippen LogP contribution in [-0.4, -0.2) is 22.2 Å². The van der Waals surface area contributed by atoms with Gasteiger partial charge in [0.05, 0.1) is 16.5 Å². The third-order valence-corrected chi connectivity index (χ3v) is 6.89. The molecule has 7 nitrogen and oxygen atoms in total. The first-order valence-corrected chi connectivity index (χ1v) is 14.2. The third-order valence-electron chi connectivity index (χ3n) is 6.89. The number of carbonyl (C=O) groups is 2. The number of halogens is 2. The van der Waals surface area contributed by atoms with E-state index < -0.39 is 17.5 Å². The van der Waals surface area contributed by atoms with Gasteiger partial charge in [0.2, 0.25) is 0 Å². The summed E-state index contributed by atoms with van der Waals surface area (Å²) in [4.78, 5) is 40.1. The quantitative estimate of drug-likeness (QED) is 0.138. The zero-order chi connectivity index (χ0) is 33.5. The van der Waals surface area contributed by atoms with E-state index in [1.165, 1.54) is 41.5 Å². The van der Waals surface area contributed by atoms with E-state index in [0.717, 1.165) is 23.5 Å². The Hall–Kier alpha value is -5.18. The van der Waals surface area contributed by atoms with Crippen molar-refractivity contribution in [1.29, 1.82) is 0 Å². The number of carbonyl (C=O) groups excluding carboxylic acids is 2. The molecule has 0 saturated carbocycles. The standard InChI is InChI=1S/C18H17FN2O.C11H14O.C7H7FN2O.CH4/c1-18(2,3)12-6-4-11(5-7-12)16-20-15-9-8-13(19)10-14(15)17(22)21-16;1-11(2,3)10-6-4-9(8-12)5-7-10;8-4-1-2-6(9)5(3-4)7(10)11;/h4-10H,1-3H3,(H,20,21,22);4-8H,1-3H3;1-3H,9H2,(H2,10,11);1H4. The fraction of sp³-hybridized carbons (Fsp3) is 0.243. The molecule has 5 N–H and O–H groups in total. The number of rotatable bonds is 3. The summed E-state index contributed by atoms with van der Waals surface area (Å²) in [7, 11) is 0. The van der Waals surface area contributed by atoms with Crippen LogP contribution in [0.2, 0.25) is 0 Å². The molecule has 0 fully saturated rings. The molecule has 5 rings (SSSR count). The zero-order valence-corrected chi connectivity index (χ0v) is 26.2. The van der Waals surface area contributed by atoms with Crippen LogP contribution in [0.25, 0.3) is 22.3 Å². The Morgan fingerprint density at radius 2 is 1.28 bits per heavy atom. The summed E-state index contributed by atoms with van der Waals surface area (Å²) >= 11 is 0. The van der Waals surface area contributed by atoms with Gasteiger partial charge in [0.15, 0.2) is 0 Å². The average Bonchev–Trinajstić information content (AvgIpc) is 2.98. The van der Waals surface area contributed by atoms with E-state index in [-0.39, 0.29) is 40.5 Å². The highest BCUT2D eigenvalue weighted by Gasteiger charge is 2.14. The largest absolute Gasteiger partial charge is 0.398 e. The number of nitrogens with two attached hydrogens (primary N) is 2. The molecule has 0 aliphatic rings. The van der Waals surface area contributed by atoms with Crippen molar-refractivity contribution in [2.75, 3.05) is 5.73 Å². The molecule has 0 radical (unpaired) electrons. The van der Waals surface area contributed by atoms with Crippen molar-refractivity contribution >= 4 is 28.8 Å². The summed E-state index contributed by atoms with van der Waals surface area (Å²) < 4.78 is 25.7. The Balaban J connectivity index is 0.000000261. The number of nitrogens with zero attached hydrogens (tertiary/aromatic N) is 1. The highest BCUT2D eigenvalue weighted by atomic mass is 19.1. The fourth-order valence-electron chi connectivity index (χ4n) is 4.18. The maximum atomic E-state index is 13.2. The normalized spacial score (nSPS) is 10.9. The Kier molecular flexibility index (Phi) is 12.2. The Labute approximate surface area is 268 Å². The minimum atomic E-state index is -0.720. The maximum Gasteiger partial charge on any atom is 0.259 e. The average molecular weight is 629 g/mol. The number of aromatic amines is 1. The highest BCUT2D eigenvalue weighted by Crippen LogP contribution is 2.25. The van der Waals surface area contributed by atoms with Gasteiger partial charge < -0.3 is 16.5 Å². The van der Waals surface area contributed by atoms with Gasteiger partial charge in [0, 0.05) is 16.8 Å². The zero-order valence-electron chi connectivity index (χ0n) is 26.2. The second-order valence-corrected chi connectivity index (χ2v) is 12.5. The molecule has 242 valence electrons. The predicted molar refractivity (Wildman–Crippen MR) is 183 cm³/mol. The number of benzene rings is 4. The van der Waals surface area contributed by atoms with E-state index in [0.29, 0.717) is 11.3 Å². The van der Waals surface area contributed by atoms with Crippen LogP contribution in [0.3, 0.4) is 0 Å². The maximum absolute atomic E-state index is 13.2. The Morgan fingerprint density at radius 3 is 1.76 bits per heavy atom. The topological polar surface area (TPSA) is 132 Å². The molecule has 0 spiro atoms. The monoisotopic (exact) mass is 628 g/mol. The lowest BCUT2D eigenvalue weighted by Crippen LogP contribution is -2.13. The van der Waals surface area contributed by atoms with Crippen LogP contribution in [0.4, 0.5) is 14.5 Å². The van der Waals surface area contributed by atoms with Gasteiger partial charge in [-0.2, -0.15) is 0 Å². The Bertz CT molecular complexity index is 1850. The first kappa shape index (κ1) is 37.0. The molecule has 1 aromatic heterocycles. The van der Waals surface area contributed by atoms with Gasteiger partial charge in [0.1, 0.15) is 23.7 Å². The molecule has 46 heavy (non-hydrogen) atoms. The van der Waals surface area contributed by atoms with Crippen molar-refractivity contribution in [3.05, 3.63) is 129 Å². The summed E-state index contributed by atoms with van der Waals surface area (Å²) in [5.74, 6) is -1.19. The number of aromatic nitrogens is 2. The van der Waals surface area contributed by atoms with Crippen molar-refractivity contribution in [3.63, 3.8) is 0 Å². The van der Waals surface area contributed by atoms with Crippen LogP contribution in [-0.2, 0) is 10.8 Å². The first-order chi connectivity index (χ1) is 21.0. The van der Waals surface area contributed by atoms with Gasteiger partial charge in [-0.25, -0.2) is 13.8 Å². The van der Waals surface area contributed by atoms with E-state index in [1.807, 2.05) is 48.5 Å². The van der Waals surface area contributed by atoms with Crippen LogP contribution in [0.15, 0.2) is 89.7 Å². The summed E-state index contributed by atoms with van der Waals surface area (Å²) in [6.45, 7) is 12.9. The number of hydrogen-bond acceptors (Lipinski definition) is 5. The number of primary amides is 1. The molecular formula is C37H42F2N4O3. The predicted octanol–water partition coefficient (Wildman–Crippen LogP) is 7.97. The van der Waals surface area contributed by atoms with Crippen molar-refractivity contribution < 1.29 is 18.4 Å². The minimum Gasteiger partial charge on any atom is -0.398 e. The van der Waals surface area contributed by atoms with Crippen LogP contribution < -0.4 is 17.0 Å². The molecule has 0 bridgehead atoms. The number of anilines is 1. The third kappa shape index (κ3) is 9.92. The number of amides is 1. The van der Waals surface area contributed by atoms with Gasteiger partial charge in [-0.05, 0) is 58.4 Å². The molecule has 1 heterocycles. The van der Waals surface area contributed by atoms with Crippen LogP contribution in [0, 0.1) is 11.6 Å². The highest BCUT2D eigenvalue weighted by molar-refractivity contribution is 5.97. The SMILES string of the molecule is C.CC(C)(C)c1ccc(-c2nc3ccc(F)cc3c(=O)[nH]2)cc1.CC(C)(C)c1ccc(C=O)cc1.NC(=O)c1cc(F)ccc1N. The number of H-pyrrole nitrogens is 1. The van der Waals surface area contributed by atoms with Crippen molar-refractivity contribution in [2.45, 2.75) is 59.8 Å². The van der Waals surface area contributed by atoms with Crippen molar-refractivity contribution in [1.82, 2.24) is 9.97 Å². The van der Waals surface area contributed by atoms with Crippen LogP contribution >= 0.6 is 0 Å². The molecule has 4 aromatic carbocycles. The van der Waals surface area contributed by atoms with Gasteiger partial charge in [-0.1, -0.05) is 97.5 Å². The molecule has 9 heteroatoms.